The van der Waals surface area contributed by atoms with Gasteiger partial charge in [0.1, 0.15) is 6.10 Å². The van der Waals surface area contributed by atoms with E-state index in [0.717, 1.165) is 0 Å². The first kappa shape index (κ1) is 10.7. The lowest BCUT2D eigenvalue weighted by molar-refractivity contribution is -0.00754. The predicted molar refractivity (Wildman–Crippen MR) is 47.6 cm³/mol. The second-order valence-corrected chi connectivity index (χ2v) is 3.06. The highest BCUT2D eigenvalue weighted by Gasteiger charge is 2.21. The molecule has 1 unspecified atom stereocenters. The van der Waals surface area contributed by atoms with E-state index in [1.807, 2.05) is 0 Å². The molecule has 2 aromatic rings. The molecule has 2 rings (SSSR count). The number of aromatic nitrogens is 4. The SMILES string of the molecule is OC(Cc1nc(-c2ncc[nH]2)no1)C(F)F. The van der Waals surface area contributed by atoms with Crippen LogP contribution in [0.2, 0.25) is 0 Å². The highest BCUT2D eigenvalue weighted by Crippen LogP contribution is 2.12. The van der Waals surface area contributed by atoms with E-state index < -0.39 is 12.5 Å². The predicted octanol–water partition coefficient (Wildman–Crippen LogP) is 0.628. The van der Waals surface area contributed by atoms with E-state index in [1.165, 1.54) is 6.20 Å². The van der Waals surface area contributed by atoms with Crippen molar-refractivity contribution in [2.24, 2.45) is 0 Å². The van der Waals surface area contributed by atoms with Gasteiger partial charge in [0, 0.05) is 12.4 Å². The van der Waals surface area contributed by atoms with Gasteiger partial charge >= 0.3 is 0 Å². The molecule has 0 aliphatic heterocycles. The van der Waals surface area contributed by atoms with E-state index in [0.29, 0.717) is 5.82 Å². The maximum absolute atomic E-state index is 12.0. The van der Waals surface area contributed by atoms with Gasteiger partial charge in [0.15, 0.2) is 5.82 Å². The lowest BCUT2D eigenvalue weighted by Gasteiger charge is -2.04. The number of rotatable bonds is 4. The third-order valence-electron chi connectivity index (χ3n) is 1.85. The summed E-state index contributed by atoms with van der Waals surface area (Å²) in [6, 6.07) is 0. The van der Waals surface area contributed by atoms with Gasteiger partial charge in [-0.25, -0.2) is 13.8 Å². The minimum Gasteiger partial charge on any atom is -0.387 e. The molecule has 0 aliphatic carbocycles. The molecule has 2 N–H and O–H groups in total. The van der Waals surface area contributed by atoms with Crippen LogP contribution in [-0.4, -0.2) is 37.7 Å². The second kappa shape index (κ2) is 4.35. The topological polar surface area (TPSA) is 87.8 Å². The van der Waals surface area contributed by atoms with Gasteiger partial charge in [-0.1, -0.05) is 5.16 Å². The number of aliphatic hydroxyl groups excluding tert-OH is 1. The van der Waals surface area contributed by atoms with E-state index in [9.17, 15) is 8.78 Å². The fraction of sp³-hybridized carbons (Fsp3) is 0.375. The van der Waals surface area contributed by atoms with Gasteiger partial charge in [-0.15, -0.1) is 0 Å². The van der Waals surface area contributed by atoms with Crippen molar-refractivity contribution in [3.8, 4) is 11.6 Å². The smallest absolute Gasteiger partial charge is 0.264 e. The zero-order valence-corrected chi connectivity index (χ0v) is 7.97. The van der Waals surface area contributed by atoms with Crippen molar-refractivity contribution in [1.82, 2.24) is 20.1 Å². The van der Waals surface area contributed by atoms with E-state index in [-0.39, 0.29) is 18.1 Å². The third-order valence-corrected chi connectivity index (χ3v) is 1.85. The Morgan fingerprint density at radius 3 is 2.94 bits per heavy atom. The van der Waals surface area contributed by atoms with Gasteiger partial charge in [-0.05, 0) is 0 Å². The van der Waals surface area contributed by atoms with Gasteiger partial charge in [0.2, 0.25) is 11.7 Å². The molecule has 1 atom stereocenters. The summed E-state index contributed by atoms with van der Waals surface area (Å²) in [6.07, 6.45) is -1.95. The first-order valence-electron chi connectivity index (χ1n) is 4.45. The van der Waals surface area contributed by atoms with Crippen LogP contribution in [-0.2, 0) is 6.42 Å². The number of imidazole rings is 1. The minimum atomic E-state index is -2.83. The monoisotopic (exact) mass is 230 g/mol. The number of halogens is 2. The number of hydrogen-bond acceptors (Lipinski definition) is 5. The van der Waals surface area contributed by atoms with Crippen LogP contribution in [0.4, 0.5) is 8.78 Å². The number of hydrogen-bond donors (Lipinski definition) is 2. The number of alkyl halides is 2. The second-order valence-electron chi connectivity index (χ2n) is 3.06. The zero-order chi connectivity index (χ0) is 11.5. The Balaban J connectivity index is 2.08. The Bertz CT molecular complexity index is 443. The van der Waals surface area contributed by atoms with Crippen LogP contribution in [0.25, 0.3) is 11.6 Å². The molecule has 0 amide bonds. The summed E-state index contributed by atoms with van der Waals surface area (Å²) in [5.41, 5.74) is 0. The van der Waals surface area contributed by atoms with E-state index in [1.54, 1.807) is 6.20 Å². The van der Waals surface area contributed by atoms with E-state index in [2.05, 4.69) is 20.1 Å². The average molecular weight is 230 g/mol. The van der Waals surface area contributed by atoms with Crippen LogP contribution >= 0.6 is 0 Å². The summed E-state index contributed by atoms with van der Waals surface area (Å²) >= 11 is 0. The molecule has 6 nitrogen and oxygen atoms in total. The molecule has 86 valence electrons. The Morgan fingerprint density at radius 1 is 1.50 bits per heavy atom. The van der Waals surface area contributed by atoms with Crippen LogP contribution in [0, 0.1) is 0 Å². The van der Waals surface area contributed by atoms with Crippen molar-refractivity contribution in [1.29, 1.82) is 0 Å². The molecule has 0 saturated carbocycles. The summed E-state index contributed by atoms with van der Waals surface area (Å²) in [5.74, 6) is 0.488. The first-order chi connectivity index (χ1) is 7.66. The number of nitrogens with zero attached hydrogens (tertiary/aromatic N) is 3. The summed E-state index contributed by atoms with van der Waals surface area (Å²) < 4.78 is 28.8. The third kappa shape index (κ3) is 2.22. The molecule has 0 aliphatic rings. The molecule has 2 aromatic heterocycles. The number of aliphatic hydroxyl groups is 1. The zero-order valence-electron chi connectivity index (χ0n) is 7.97. The Hall–Kier alpha value is -1.83. The Kier molecular flexibility index (Phi) is 2.91. The summed E-state index contributed by atoms with van der Waals surface area (Å²) in [5, 5.41) is 12.5. The number of nitrogens with one attached hydrogen (secondary N) is 1. The van der Waals surface area contributed by atoms with Gasteiger partial charge in [-0.3, -0.25) is 0 Å². The van der Waals surface area contributed by atoms with Gasteiger partial charge in [-0.2, -0.15) is 4.98 Å². The van der Waals surface area contributed by atoms with Crippen LogP contribution in [0.15, 0.2) is 16.9 Å². The molecule has 0 fully saturated rings. The van der Waals surface area contributed by atoms with Crippen LogP contribution in [0.3, 0.4) is 0 Å². The van der Waals surface area contributed by atoms with Gasteiger partial charge < -0.3 is 14.6 Å². The van der Waals surface area contributed by atoms with Crippen molar-refractivity contribution in [2.75, 3.05) is 0 Å². The maximum atomic E-state index is 12.0. The Labute approximate surface area is 88.3 Å². The quantitative estimate of drug-likeness (QED) is 0.804. The molecule has 0 saturated heterocycles. The maximum Gasteiger partial charge on any atom is 0.264 e. The van der Waals surface area contributed by atoms with E-state index >= 15 is 0 Å². The fourth-order valence-electron chi connectivity index (χ4n) is 1.09. The molecule has 0 radical (unpaired) electrons. The number of H-pyrrole nitrogens is 1. The molecule has 16 heavy (non-hydrogen) atoms. The lowest BCUT2D eigenvalue weighted by atomic mass is 10.2. The van der Waals surface area contributed by atoms with Crippen molar-refractivity contribution in [3.05, 3.63) is 18.3 Å². The van der Waals surface area contributed by atoms with Crippen LogP contribution in [0.1, 0.15) is 5.89 Å². The molecule has 8 heteroatoms. The van der Waals surface area contributed by atoms with Crippen molar-refractivity contribution in [2.45, 2.75) is 19.0 Å². The highest BCUT2D eigenvalue weighted by molar-refractivity contribution is 5.40. The molecule has 0 spiro atoms. The number of aromatic amines is 1. The van der Waals surface area contributed by atoms with Gasteiger partial charge in [0.25, 0.3) is 6.43 Å². The molecular formula is C8H8F2N4O2. The average Bonchev–Trinajstić information content (AvgIpc) is 2.85. The molecule has 2 heterocycles. The largest absolute Gasteiger partial charge is 0.387 e. The van der Waals surface area contributed by atoms with Crippen LogP contribution < -0.4 is 0 Å². The highest BCUT2D eigenvalue weighted by atomic mass is 19.3. The molecule has 0 bridgehead atoms. The minimum absolute atomic E-state index is 0.0563. The molecule has 0 aromatic carbocycles. The lowest BCUT2D eigenvalue weighted by Crippen LogP contribution is -2.20. The Morgan fingerprint density at radius 2 is 2.31 bits per heavy atom. The normalized spacial score (nSPS) is 13.2. The van der Waals surface area contributed by atoms with Crippen molar-refractivity contribution in [3.63, 3.8) is 0 Å². The standard InChI is InChI=1S/C8H8F2N4O2/c9-6(10)4(15)3-5-13-8(14-16-5)7-11-1-2-12-7/h1-2,4,6,15H,3H2,(H,11,12). The first-order valence-corrected chi connectivity index (χ1v) is 4.45. The van der Waals surface area contributed by atoms with E-state index in [4.69, 9.17) is 9.63 Å². The molecular weight excluding hydrogens is 222 g/mol. The van der Waals surface area contributed by atoms with Gasteiger partial charge in [0.05, 0.1) is 6.42 Å². The van der Waals surface area contributed by atoms with Crippen LogP contribution in [0.5, 0.6) is 0 Å². The van der Waals surface area contributed by atoms with Crippen molar-refractivity contribution >= 4 is 0 Å². The summed E-state index contributed by atoms with van der Waals surface area (Å²) in [6.45, 7) is 0. The summed E-state index contributed by atoms with van der Waals surface area (Å²) in [4.78, 5) is 10.4. The fourth-order valence-corrected chi connectivity index (χ4v) is 1.09. The van der Waals surface area contributed by atoms with Crippen molar-refractivity contribution < 1.29 is 18.4 Å². The summed E-state index contributed by atoms with van der Waals surface area (Å²) in [7, 11) is 0.